The molecule has 1 aromatic rings. The third-order valence-electron chi connectivity index (χ3n) is 1.37. The molecule has 0 saturated carbocycles. The molecule has 0 aliphatic carbocycles. The fourth-order valence-electron chi connectivity index (χ4n) is 0.893. The molecule has 0 heterocycles. The van der Waals surface area contributed by atoms with Gasteiger partial charge in [-0.05, 0) is 12.1 Å². The molecule has 0 aliphatic heterocycles. The van der Waals surface area contributed by atoms with Gasteiger partial charge in [-0.2, -0.15) is 0 Å². The summed E-state index contributed by atoms with van der Waals surface area (Å²) in [6.07, 6.45) is -0.552. The van der Waals surface area contributed by atoms with Crippen molar-refractivity contribution in [2.45, 2.75) is 26.4 Å². The van der Waals surface area contributed by atoms with Gasteiger partial charge in [0.25, 0.3) is 0 Å². The molecule has 0 unspecified atom stereocenters. The number of aliphatic imine (C=N–C) groups is 1. The molecule has 0 amide bonds. The topological polar surface area (TPSA) is 44.6 Å². The second kappa shape index (κ2) is 6.16. The van der Waals surface area contributed by atoms with Crippen LogP contribution in [0.1, 0.15) is 20.8 Å². The van der Waals surface area contributed by atoms with Crippen molar-refractivity contribution in [2.24, 2.45) is 4.99 Å². The van der Waals surface area contributed by atoms with E-state index < -0.39 is 11.7 Å². The van der Waals surface area contributed by atoms with E-state index in [1.807, 2.05) is 39.0 Å². The Hall–Kier alpha value is -0.510. The van der Waals surface area contributed by atoms with Crippen LogP contribution in [-0.2, 0) is 4.74 Å². The van der Waals surface area contributed by atoms with E-state index in [1.54, 1.807) is 12.1 Å². The van der Waals surface area contributed by atoms with E-state index in [0.29, 0.717) is 5.69 Å². The Bertz CT molecular complexity index is 317. The fraction of sp³-hybridized carbons (Fsp3) is 0.364. The minimum atomic E-state index is -0.552. The number of hydrogen-bond acceptors (Lipinski definition) is 3. The molecule has 4 heteroatoms. The van der Waals surface area contributed by atoms with Crippen molar-refractivity contribution >= 4 is 11.8 Å². The molecule has 3 nitrogen and oxygen atoms in total. The van der Waals surface area contributed by atoms with E-state index >= 15 is 0 Å². The summed E-state index contributed by atoms with van der Waals surface area (Å²) in [6.45, 7) is 5.43. The maximum Gasteiger partial charge on any atom is 1.00 e. The van der Waals surface area contributed by atoms with Gasteiger partial charge < -0.3 is 9.84 Å². The Kier molecular flexibility index (Phi) is 5.95. The third-order valence-corrected chi connectivity index (χ3v) is 1.37. The number of ether oxygens (including phenoxy) is 1. The molecule has 0 fully saturated rings. The molecule has 0 aliphatic rings. The van der Waals surface area contributed by atoms with Gasteiger partial charge >= 0.3 is 29.6 Å². The molecule has 0 bridgehead atoms. The van der Waals surface area contributed by atoms with E-state index in [1.165, 1.54) is 0 Å². The average molecular weight is 215 g/mol. The first-order valence-electron chi connectivity index (χ1n) is 4.47. The summed E-state index contributed by atoms with van der Waals surface area (Å²) in [6, 6.07) is 9.02. The minimum Gasteiger partial charge on any atom is -0.594 e. The van der Waals surface area contributed by atoms with Gasteiger partial charge in [-0.25, -0.2) is 4.99 Å². The Morgan fingerprint density at radius 3 is 2.20 bits per heavy atom. The fourth-order valence-corrected chi connectivity index (χ4v) is 0.893. The molecule has 0 atom stereocenters. The number of hydrogen-bond donors (Lipinski definition) is 0. The standard InChI is InChI=1S/C11H15NO2.Na/c1-11(2,3)14-10(13)12-9-7-5-4-6-8-9;/h4-8H,1-3H3,(H,12,13);/q;+1/p-1. The van der Waals surface area contributed by atoms with Crippen LogP contribution in [0.4, 0.5) is 5.69 Å². The zero-order valence-corrected chi connectivity index (χ0v) is 11.7. The van der Waals surface area contributed by atoms with Crippen LogP contribution < -0.4 is 34.7 Å². The largest absolute Gasteiger partial charge is 1.00 e. The summed E-state index contributed by atoms with van der Waals surface area (Å²) in [5, 5.41) is 11.2. The molecule has 15 heavy (non-hydrogen) atoms. The molecule has 0 radical (unpaired) electrons. The molecule has 0 saturated heterocycles. The van der Waals surface area contributed by atoms with Gasteiger partial charge in [0.1, 0.15) is 0 Å². The quantitative estimate of drug-likeness (QED) is 0.337. The second-order valence-corrected chi connectivity index (χ2v) is 3.93. The van der Waals surface area contributed by atoms with Gasteiger partial charge in [-0.3, -0.25) is 0 Å². The van der Waals surface area contributed by atoms with Crippen LogP contribution >= 0.6 is 0 Å². The van der Waals surface area contributed by atoms with Crippen LogP contribution in [0.5, 0.6) is 0 Å². The number of benzene rings is 1. The van der Waals surface area contributed by atoms with Crippen LogP contribution in [-0.4, -0.2) is 11.7 Å². The van der Waals surface area contributed by atoms with Crippen LogP contribution in [0.3, 0.4) is 0 Å². The van der Waals surface area contributed by atoms with E-state index in [4.69, 9.17) is 4.74 Å². The van der Waals surface area contributed by atoms with Crippen molar-refractivity contribution in [3.05, 3.63) is 30.3 Å². The number of rotatable bonds is 1. The summed E-state index contributed by atoms with van der Waals surface area (Å²) in [5.41, 5.74) is 0.122. The van der Waals surface area contributed by atoms with Crippen molar-refractivity contribution in [1.29, 1.82) is 0 Å². The molecule has 1 rings (SSSR count). The van der Waals surface area contributed by atoms with Crippen LogP contribution in [0, 0.1) is 0 Å². The SMILES string of the molecule is CC(C)(C)OC([O-])=Nc1ccccc1.[Na+]. The summed E-state index contributed by atoms with van der Waals surface area (Å²) < 4.78 is 5.04. The van der Waals surface area contributed by atoms with Crippen molar-refractivity contribution < 1.29 is 39.4 Å². The maximum absolute atomic E-state index is 11.2. The number of nitrogens with zero attached hydrogens (tertiary/aromatic N) is 1. The molecule has 1 aromatic carbocycles. The Balaban J connectivity index is 0.00000196. The van der Waals surface area contributed by atoms with Crippen LogP contribution in [0.25, 0.3) is 0 Å². The predicted octanol–water partition coefficient (Wildman–Crippen LogP) is -1.15. The van der Waals surface area contributed by atoms with Crippen molar-refractivity contribution in [3.8, 4) is 0 Å². The molecule has 0 aromatic heterocycles. The van der Waals surface area contributed by atoms with Crippen molar-refractivity contribution in [1.82, 2.24) is 0 Å². The van der Waals surface area contributed by atoms with Gasteiger partial charge in [-0.15, -0.1) is 0 Å². The maximum atomic E-state index is 11.2. The molecule has 0 spiro atoms. The smallest absolute Gasteiger partial charge is 0.594 e. The Labute approximate surface area is 112 Å². The van der Waals surface area contributed by atoms with Gasteiger partial charge in [0.2, 0.25) is 0 Å². The van der Waals surface area contributed by atoms with Crippen LogP contribution in [0.15, 0.2) is 35.3 Å². The zero-order chi connectivity index (χ0) is 10.6. The van der Waals surface area contributed by atoms with Gasteiger partial charge in [0.05, 0.1) is 5.69 Å². The van der Waals surface area contributed by atoms with Crippen molar-refractivity contribution in [3.63, 3.8) is 0 Å². The number of para-hydroxylation sites is 1. The van der Waals surface area contributed by atoms with Crippen molar-refractivity contribution in [2.75, 3.05) is 0 Å². The Morgan fingerprint density at radius 1 is 1.20 bits per heavy atom. The minimum absolute atomic E-state index is 0. The first kappa shape index (κ1) is 14.5. The summed E-state index contributed by atoms with van der Waals surface area (Å²) in [5.74, 6) is 0. The monoisotopic (exact) mass is 215 g/mol. The van der Waals surface area contributed by atoms with Gasteiger partial charge in [-0.1, -0.05) is 39.0 Å². The first-order chi connectivity index (χ1) is 6.47. The second-order valence-electron chi connectivity index (χ2n) is 3.93. The van der Waals surface area contributed by atoms with E-state index in [-0.39, 0.29) is 29.6 Å². The zero-order valence-electron chi connectivity index (χ0n) is 9.65. The molecular weight excluding hydrogens is 201 g/mol. The first-order valence-corrected chi connectivity index (χ1v) is 4.47. The predicted molar refractivity (Wildman–Crippen MR) is 54.4 cm³/mol. The summed E-state index contributed by atoms with van der Waals surface area (Å²) >= 11 is 0. The van der Waals surface area contributed by atoms with E-state index in [9.17, 15) is 5.11 Å². The average Bonchev–Trinajstić information content (AvgIpc) is 2.02. The van der Waals surface area contributed by atoms with E-state index in [0.717, 1.165) is 0 Å². The molecular formula is C11H14NNaO2. The molecule has 0 N–H and O–H groups in total. The third kappa shape index (κ3) is 6.55. The van der Waals surface area contributed by atoms with Crippen LogP contribution in [0.2, 0.25) is 0 Å². The summed E-state index contributed by atoms with van der Waals surface area (Å²) in [7, 11) is 0. The van der Waals surface area contributed by atoms with Gasteiger partial charge in [0, 0.05) is 5.60 Å². The normalized spacial score (nSPS) is 11.8. The Morgan fingerprint density at radius 2 is 1.73 bits per heavy atom. The van der Waals surface area contributed by atoms with E-state index in [2.05, 4.69) is 4.99 Å². The van der Waals surface area contributed by atoms with Gasteiger partial charge in [0.15, 0.2) is 6.08 Å². The summed E-state index contributed by atoms with van der Waals surface area (Å²) in [4.78, 5) is 3.78. The molecule has 76 valence electrons.